The van der Waals surface area contributed by atoms with Crippen LogP contribution in [0.25, 0.3) is 0 Å². The average molecular weight is 467 g/mol. The minimum Gasteiger partial charge on any atom is -0.550 e. The molecule has 0 amide bonds. The standard InChI is InChI=1S/4C2H4O2.Na.Pb/c4*1-2(3)4;;/h4*1H3,(H,3,4);;/q;;;;+1;+2/p-3. The number of hydrogen-bond donors (Lipinski definition) is 1. The Morgan fingerprint density at radius 1 is 0.722 bits per heavy atom. The molecule has 98 valence electrons. The van der Waals surface area contributed by atoms with Crippen LogP contribution in [-0.4, -0.2) is 56.3 Å². The van der Waals surface area contributed by atoms with E-state index < -0.39 is 23.9 Å². The van der Waals surface area contributed by atoms with E-state index in [1.54, 1.807) is 0 Å². The Hall–Kier alpha value is -0.198. The van der Waals surface area contributed by atoms with E-state index in [0.717, 1.165) is 27.7 Å². The molecule has 0 unspecified atom stereocenters. The van der Waals surface area contributed by atoms with Gasteiger partial charge in [0, 0.05) is 24.8 Å². The molecular formula is C8H13NaO8Pb. The van der Waals surface area contributed by atoms with E-state index in [0.29, 0.717) is 0 Å². The number of rotatable bonds is 0. The Kier molecular flexibility index (Phi) is 60.4. The molecule has 0 aliphatic carbocycles. The van der Waals surface area contributed by atoms with E-state index in [-0.39, 0.29) is 56.9 Å². The second-order valence-electron chi connectivity index (χ2n) is 1.99. The van der Waals surface area contributed by atoms with E-state index in [1.807, 2.05) is 0 Å². The Bertz CT molecular complexity index is 167. The van der Waals surface area contributed by atoms with E-state index in [2.05, 4.69) is 0 Å². The summed E-state index contributed by atoms with van der Waals surface area (Å²) in [6.45, 7) is 4.00. The second kappa shape index (κ2) is 30.1. The molecule has 0 aromatic heterocycles. The predicted molar refractivity (Wildman–Crippen MR) is 51.1 cm³/mol. The molecule has 0 aromatic carbocycles. The van der Waals surface area contributed by atoms with Crippen LogP contribution < -0.4 is 44.9 Å². The molecule has 0 saturated carbocycles. The zero-order valence-corrected chi connectivity index (χ0v) is 16.7. The molecule has 0 atom stereocenters. The first kappa shape index (κ1) is 36.1. The summed E-state index contributed by atoms with van der Waals surface area (Å²) in [5.74, 6) is -4.08. The van der Waals surface area contributed by atoms with Crippen molar-refractivity contribution in [3.8, 4) is 0 Å². The molecule has 0 aliphatic heterocycles. The summed E-state index contributed by atoms with van der Waals surface area (Å²) in [7, 11) is 0. The van der Waals surface area contributed by atoms with Gasteiger partial charge in [0.15, 0.2) is 0 Å². The molecular weight excluding hydrogens is 454 g/mol. The van der Waals surface area contributed by atoms with Crippen LogP contribution in [0, 0.1) is 0 Å². The Balaban J connectivity index is -0.0000000257. The van der Waals surface area contributed by atoms with Crippen molar-refractivity contribution in [3.63, 3.8) is 0 Å². The van der Waals surface area contributed by atoms with E-state index in [1.165, 1.54) is 0 Å². The summed E-state index contributed by atoms with van der Waals surface area (Å²) in [6.07, 6.45) is 0. The third-order valence-corrected chi connectivity index (χ3v) is 0. The van der Waals surface area contributed by atoms with Gasteiger partial charge in [-0.05, 0) is 20.8 Å². The van der Waals surface area contributed by atoms with Crippen LogP contribution >= 0.6 is 0 Å². The molecule has 0 spiro atoms. The summed E-state index contributed by atoms with van der Waals surface area (Å²) >= 11 is 0. The normalized spacial score (nSPS) is 5.56. The van der Waals surface area contributed by atoms with Crippen LogP contribution in [0.2, 0.25) is 0 Å². The molecule has 0 aromatic rings. The van der Waals surface area contributed by atoms with E-state index in [9.17, 15) is 0 Å². The van der Waals surface area contributed by atoms with Crippen LogP contribution in [0.15, 0.2) is 0 Å². The third-order valence-electron chi connectivity index (χ3n) is 0. The van der Waals surface area contributed by atoms with Crippen molar-refractivity contribution in [2.45, 2.75) is 27.7 Å². The minimum absolute atomic E-state index is 0. The quantitative estimate of drug-likeness (QED) is 0.344. The number of carbonyl (C=O) groups excluding carboxylic acids is 3. The van der Waals surface area contributed by atoms with Gasteiger partial charge in [0.1, 0.15) is 0 Å². The Labute approximate surface area is 147 Å². The molecule has 0 bridgehead atoms. The van der Waals surface area contributed by atoms with Crippen LogP contribution in [0.4, 0.5) is 0 Å². The smallest absolute Gasteiger partial charge is 0.550 e. The van der Waals surface area contributed by atoms with Gasteiger partial charge in [0.05, 0.1) is 0 Å². The summed E-state index contributed by atoms with van der Waals surface area (Å²) in [6, 6.07) is 0. The fraction of sp³-hybridized carbons (Fsp3) is 0.500. The van der Waals surface area contributed by atoms with Gasteiger partial charge in [-0.1, -0.05) is 0 Å². The maximum absolute atomic E-state index is 9.00. The monoisotopic (exact) mass is 468 g/mol. The second-order valence-corrected chi connectivity index (χ2v) is 1.99. The molecule has 2 radical (unpaired) electrons. The summed E-state index contributed by atoms with van der Waals surface area (Å²) in [5, 5.41) is 34.1. The largest absolute Gasteiger partial charge is 2.00 e. The SMILES string of the molecule is CC(=O)O.CC(=O)[O-].CC(=O)[O-].CC(=O)[O-].[Na+].[Pb+2]. The fourth-order valence-corrected chi connectivity index (χ4v) is 0. The van der Waals surface area contributed by atoms with Gasteiger partial charge in [0.25, 0.3) is 5.97 Å². The van der Waals surface area contributed by atoms with Gasteiger partial charge in [-0.2, -0.15) is 0 Å². The maximum atomic E-state index is 9.00. The number of aliphatic carboxylic acids is 4. The zero-order chi connectivity index (χ0) is 14.3. The first-order valence-electron chi connectivity index (χ1n) is 3.65. The van der Waals surface area contributed by atoms with Crippen molar-refractivity contribution < 1.29 is 69.2 Å². The van der Waals surface area contributed by atoms with Crippen molar-refractivity contribution in [2.75, 3.05) is 0 Å². The maximum Gasteiger partial charge on any atom is 2.00 e. The van der Waals surface area contributed by atoms with Gasteiger partial charge in [-0.25, -0.2) is 0 Å². The molecule has 0 aliphatic rings. The van der Waals surface area contributed by atoms with Crippen molar-refractivity contribution in [2.24, 2.45) is 0 Å². The topological polar surface area (TPSA) is 158 Å². The van der Waals surface area contributed by atoms with Crippen molar-refractivity contribution in [1.82, 2.24) is 0 Å². The fourth-order valence-electron chi connectivity index (χ4n) is 0. The molecule has 0 fully saturated rings. The predicted octanol–water partition coefficient (Wildman–Crippen LogP) is -7.02. The number of hydrogen-bond acceptors (Lipinski definition) is 7. The first-order valence-corrected chi connectivity index (χ1v) is 3.65. The van der Waals surface area contributed by atoms with Gasteiger partial charge in [-0.15, -0.1) is 0 Å². The molecule has 10 heteroatoms. The molecule has 8 nitrogen and oxygen atoms in total. The van der Waals surface area contributed by atoms with Crippen molar-refractivity contribution >= 4 is 51.2 Å². The van der Waals surface area contributed by atoms with Crippen molar-refractivity contribution in [1.29, 1.82) is 0 Å². The first-order chi connectivity index (χ1) is 6.93. The number of carboxylic acids is 4. The summed E-state index contributed by atoms with van der Waals surface area (Å²) in [4.78, 5) is 35.7. The van der Waals surface area contributed by atoms with Crippen LogP contribution in [0.3, 0.4) is 0 Å². The molecule has 1 N–H and O–H groups in total. The molecule has 0 heterocycles. The van der Waals surface area contributed by atoms with E-state index >= 15 is 0 Å². The van der Waals surface area contributed by atoms with Gasteiger partial charge < -0.3 is 34.8 Å². The van der Waals surface area contributed by atoms with Crippen LogP contribution in [0.5, 0.6) is 0 Å². The number of carboxylic acid groups (broad SMARTS) is 4. The third kappa shape index (κ3) is 88400. The zero-order valence-electron chi connectivity index (χ0n) is 10.8. The van der Waals surface area contributed by atoms with Crippen molar-refractivity contribution in [3.05, 3.63) is 0 Å². The Morgan fingerprint density at radius 2 is 0.722 bits per heavy atom. The molecule has 18 heavy (non-hydrogen) atoms. The van der Waals surface area contributed by atoms with E-state index in [4.69, 9.17) is 39.6 Å². The average Bonchev–Trinajstić information content (AvgIpc) is 1.76. The summed E-state index contributed by atoms with van der Waals surface area (Å²) in [5.41, 5.74) is 0. The van der Waals surface area contributed by atoms with Gasteiger partial charge in [0.2, 0.25) is 0 Å². The van der Waals surface area contributed by atoms with Gasteiger partial charge >= 0.3 is 56.9 Å². The van der Waals surface area contributed by atoms with Crippen LogP contribution in [-0.2, 0) is 19.2 Å². The molecule has 0 saturated heterocycles. The van der Waals surface area contributed by atoms with Gasteiger partial charge in [-0.3, -0.25) is 4.79 Å². The molecule has 0 rings (SSSR count). The van der Waals surface area contributed by atoms with Crippen LogP contribution in [0.1, 0.15) is 27.7 Å². The summed E-state index contributed by atoms with van der Waals surface area (Å²) < 4.78 is 0. The Morgan fingerprint density at radius 3 is 0.722 bits per heavy atom. The minimum atomic E-state index is -1.08. The number of carbonyl (C=O) groups is 4.